The van der Waals surface area contributed by atoms with Crippen LogP contribution in [0.5, 0.6) is 0 Å². The van der Waals surface area contributed by atoms with E-state index in [0.717, 1.165) is 26.9 Å². The molecule has 4 nitrogen and oxygen atoms in total. The Labute approximate surface area is 123 Å². The van der Waals surface area contributed by atoms with Crippen molar-refractivity contribution < 1.29 is 0 Å². The van der Waals surface area contributed by atoms with Crippen molar-refractivity contribution in [2.45, 2.75) is 12.5 Å². The van der Waals surface area contributed by atoms with Crippen molar-refractivity contribution in [2.24, 2.45) is 7.05 Å². The molecule has 0 aromatic carbocycles. The molecule has 0 aliphatic carbocycles. The molecule has 1 N–H and O–H groups in total. The van der Waals surface area contributed by atoms with Gasteiger partial charge in [0.25, 0.3) is 0 Å². The largest absolute Gasteiger partial charge is 0.338 e. The molecule has 0 radical (unpaired) electrons. The Kier molecular flexibility index (Phi) is 4.53. The van der Waals surface area contributed by atoms with Gasteiger partial charge in [-0.15, -0.1) is 0 Å². The van der Waals surface area contributed by atoms with Crippen molar-refractivity contribution in [3.8, 4) is 0 Å². The molecule has 18 heavy (non-hydrogen) atoms. The summed E-state index contributed by atoms with van der Waals surface area (Å²) in [6.45, 7) is 0. The molecule has 2 rings (SSSR count). The van der Waals surface area contributed by atoms with E-state index in [2.05, 4.69) is 47.1 Å². The van der Waals surface area contributed by atoms with E-state index in [1.165, 1.54) is 0 Å². The number of halogens is 2. The van der Waals surface area contributed by atoms with Gasteiger partial charge in [0.15, 0.2) is 0 Å². The average molecular weight is 374 g/mol. The van der Waals surface area contributed by atoms with Crippen LogP contribution in [0.15, 0.2) is 33.6 Å². The SMILES string of the molecule is CNC(Cc1nccn1C)c1ncc(Br)cc1Br. The quantitative estimate of drug-likeness (QED) is 0.895. The summed E-state index contributed by atoms with van der Waals surface area (Å²) in [6, 6.07) is 2.14. The fourth-order valence-electron chi connectivity index (χ4n) is 1.79. The van der Waals surface area contributed by atoms with Gasteiger partial charge in [-0.1, -0.05) is 0 Å². The Balaban J connectivity index is 2.26. The number of hydrogen-bond acceptors (Lipinski definition) is 3. The van der Waals surface area contributed by atoms with E-state index in [0.29, 0.717) is 0 Å². The Morgan fingerprint density at radius 2 is 2.17 bits per heavy atom. The van der Waals surface area contributed by atoms with Crippen LogP contribution in [-0.4, -0.2) is 21.6 Å². The van der Waals surface area contributed by atoms with Crippen LogP contribution < -0.4 is 5.32 Å². The second-order valence-corrected chi connectivity index (χ2v) is 5.79. The summed E-state index contributed by atoms with van der Waals surface area (Å²) >= 11 is 6.96. The van der Waals surface area contributed by atoms with Gasteiger partial charge in [0, 0.05) is 41.0 Å². The first-order chi connectivity index (χ1) is 8.61. The predicted octanol–water partition coefficient (Wildman–Crippen LogP) is 2.84. The van der Waals surface area contributed by atoms with Crippen LogP contribution in [0.3, 0.4) is 0 Å². The molecular formula is C12H14Br2N4. The van der Waals surface area contributed by atoms with Gasteiger partial charge in [0.05, 0.1) is 11.7 Å². The van der Waals surface area contributed by atoms with Crippen molar-refractivity contribution in [2.75, 3.05) is 7.05 Å². The number of imidazole rings is 1. The van der Waals surface area contributed by atoms with E-state index in [1.54, 1.807) is 0 Å². The second kappa shape index (κ2) is 5.95. The molecule has 0 aliphatic heterocycles. The number of hydrogen-bond donors (Lipinski definition) is 1. The normalized spacial score (nSPS) is 12.7. The fraction of sp³-hybridized carbons (Fsp3) is 0.333. The van der Waals surface area contributed by atoms with Crippen LogP contribution in [0.1, 0.15) is 17.6 Å². The monoisotopic (exact) mass is 372 g/mol. The first kappa shape index (κ1) is 13.7. The number of likely N-dealkylation sites (N-methyl/N-ethyl adjacent to an activating group) is 1. The first-order valence-electron chi connectivity index (χ1n) is 5.56. The number of nitrogens with one attached hydrogen (secondary N) is 1. The summed E-state index contributed by atoms with van der Waals surface area (Å²) in [5.74, 6) is 1.03. The summed E-state index contributed by atoms with van der Waals surface area (Å²) in [6.07, 6.45) is 6.37. The standard InChI is InChI=1S/C12H14Br2N4/c1-15-10(6-11-16-3-4-18(11)2)12-9(14)5-8(13)7-17-12/h3-5,7,10,15H,6H2,1-2H3. The Morgan fingerprint density at radius 3 is 2.72 bits per heavy atom. The van der Waals surface area contributed by atoms with Crippen LogP contribution in [0.2, 0.25) is 0 Å². The fourth-order valence-corrected chi connectivity index (χ4v) is 3.06. The summed E-state index contributed by atoms with van der Waals surface area (Å²) in [4.78, 5) is 8.81. The van der Waals surface area contributed by atoms with Crippen molar-refractivity contribution in [1.29, 1.82) is 0 Å². The van der Waals surface area contributed by atoms with Crippen molar-refractivity contribution >= 4 is 31.9 Å². The van der Waals surface area contributed by atoms with Gasteiger partial charge in [-0.2, -0.15) is 0 Å². The highest BCUT2D eigenvalue weighted by molar-refractivity contribution is 9.11. The number of aryl methyl sites for hydroxylation is 1. The number of pyridine rings is 1. The molecular weight excluding hydrogens is 360 g/mol. The van der Waals surface area contributed by atoms with Gasteiger partial charge >= 0.3 is 0 Å². The third-order valence-electron chi connectivity index (χ3n) is 2.82. The lowest BCUT2D eigenvalue weighted by atomic mass is 10.1. The van der Waals surface area contributed by atoms with Crippen LogP contribution in [-0.2, 0) is 13.5 Å². The zero-order valence-electron chi connectivity index (χ0n) is 10.2. The molecule has 0 fully saturated rings. The molecule has 6 heteroatoms. The Morgan fingerprint density at radius 1 is 1.39 bits per heavy atom. The highest BCUT2D eigenvalue weighted by Gasteiger charge is 2.17. The average Bonchev–Trinajstić information content (AvgIpc) is 2.73. The number of nitrogens with zero attached hydrogens (tertiary/aromatic N) is 3. The first-order valence-corrected chi connectivity index (χ1v) is 7.15. The van der Waals surface area contributed by atoms with Crippen molar-refractivity contribution in [3.05, 3.63) is 45.1 Å². The molecule has 0 aliphatic rings. The van der Waals surface area contributed by atoms with E-state index in [9.17, 15) is 0 Å². The molecule has 0 saturated heterocycles. The van der Waals surface area contributed by atoms with Gasteiger partial charge in [0.2, 0.25) is 0 Å². The molecule has 0 saturated carbocycles. The van der Waals surface area contributed by atoms with E-state index in [-0.39, 0.29) is 6.04 Å². The molecule has 0 amide bonds. The second-order valence-electron chi connectivity index (χ2n) is 4.02. The summed E-state index contributed by atoms with van der Waals surface area (Å²) in [7, 11) is 3.93. The van der Waals surface area contributed by atoms with Crippen molar-refractivity contribution in [1.82, 2.24) is 19.9 Å². The lowest BCUT2D eigenvalue weighted by Gasteiger charge is -2.17. The summed E-state index contributed by atoms with van der Waals surface area (Å²) in [5, 5.41) is 3.28. The summed E-state index contributed by atoms with van der Waals surface area (Å²) < 4.78 is 3.98. The minimum atomic E-state index is 0.133. The smallest absolute Gasteiger partial charge is 0.110 e. The molecule has 1 atom stereocenters. The molecule has 2 heterocycles. The van der Waals surface area contributed by atoms with Gasteiger partial charge < -0.3 is 9.88 Å². The summed E-state index contributed by atoms with van der Waals surface area (Å²) in [5.41, 5.74) is 0.990. The zero-order chi connectivity index (χ0) is 13.1. The zero-order valence-corrected chi connectivity index (χ0v) is 13.4. The van der Waals surface area contributed by atoms with E-state index in [4.69, 9.17) is 0 Å². The Bertz CT molecular complexity index is 539. The Hall–Kier alpha value is -0.720. The lowest BCUT2D eigenvalue weighted by Crippen LogP contribution is -2.22. The number of rotatable bonds is 4. The van der Waals surface area contributed by atoms with Crippen LogP contribution >= 0.6 is 31.9 Å². The maximum absolute atomic E-state index is 4.47. The van der Waals surface area contributed by atoms with Gasteiger partial charge in [-0.05, 0) is 45.0 Å². The van der Waals surface area contributed by atoms with Gasteiger partial charge in [-0.3, -0.25) is 4.98 Å². The van der Waals surface area contributed by atoms with E-state index in [1.807, 2.05) is 43.3 Å². The third-order valence-corrected chi connectivity index (χ3v) is 3.89. The van der Waals surface area contributed by atoms with E-state index < -0.39 is 0 Å². The predicted molar refractivity (Wildman–Crippen MR) is 78.3 cm³/mol. The number of aromatic nitrogens is 3. The highest BCUT2D eigenvalue weighted by Crippen LogP contribution is 2.26. The van der Waals surface area contributed by atoms with Gasteiger partial charge in [0.1, 0.15) is 5.82 Å². The maximum Gasteiger partial charge on any atom is 0.110 e. The van der Waals surface area contributed by atoms with Gasteiger partial charge in [-0.25, -0.2) is 4.98 Å². The molecule has 0 spiro atoms. The van der Waals surface area contributed by atoms with Crippen molar-refractivity contribution in [3.63, 3.8) is 0 Å². The molecule has 2 aromatic rings. The highest BCUT2D eigenvalue weighted by atomic mass is 79.9. The minimum absolute atomic E-state index is 0.133. The molecule has 2 aromatic heterocycles. The molecule has 96 valence electrons. The van der Waals surface area contributed by atoms with Crippen LogP contribution in [0, 0.1) is 0 Å². The maximum atomic E-state index is 4.47. The molecule has 0 bridgehead atoms. The van der Waals surface area contributed by atoms with Crippen LogP contribution in [0.4, 0.5) is 0 Å². The van der Waals surface area contributed by atoms with E-state index >= 15 is 0 Å². The minimum Gasteiger partial charge on any atom is -0.338 e. The topological polar surface area (TPSA) is 42.7 Å². The molecule has 1 unspecified atom stereocenters. The third kappa shape index (κ3) is 2.99. The van der Waals surface area contributed by atoms with Crippen LogP contribution in [0.25, 0.3) is 0 Å². The lowest BCUT2D eigenvalue weighted by molar-refractivity contribution is 0.548.